The van der Waals surface area contributed by atoms with E-state index >= 15 is 0 Å². The number of likely N-dealkylation sites (N-methyl/N-ethyl adjacent to an activating group) is 1. The minimum Gasteiger partial charge on any atom is -0.480 e. The van der Waals surface area contributed by atoms with E-state index in [2.05, 4.69) is 71.8 Å². The molecule has 1 aromatic heterocycles. The van der Waals surface area contributed by atoms with Gasteiger partial charge < -0.3 is 24.8 Å². The Morgan fingerprint density at radius 2 is 2.04 bits per heavy atom. The predicted octanol–water partition coefficient (Wildman–Crippen LogP) is 1.90. The molecular formula is C17H31BrIN7O. The molecule has 1 aromatic rings. The van der Waals surface area contributed by atoms with Crippen LogP contribution >= 0.6 is 39.9 Å². The summed E-state index contributed by atoms with van der Waals surface area (Å²) in [6.07, 6.45) is 1.74. The molecule has 1 fully saturated rings. The van der Waals surface area contributed by atoms with Crippen molar-refractivity contribution in [1.82, 2.24) is 25.1 Å². The average molecular weight is 556 g/mol. The Morgan fingerprint density at radius 3 is 2.59 bits per heavy atom. The van der Waals surface area contributed by atoms with Crippen molar-refractivity contribution in [3.8, 4) is 5.88 Å². The number of halogens is 2. The third-order valence-electron chi connectivity index (χ3n) is 4.60. The second kappa shape index (κ2) is 11.8. The fraction of sp³-hybridized carbons (Fsp3) is 0.706. The number of aromatic nitrogens is 2. The molecule has 0 unspecified atom stereocenters. The lowest BCUT2D eigenvalue weighted by atomic mass is 10.3. The zero-order valence-corrected chi connectivity index (χ0v) is 20.7. The number of nitrogens with one attached hydrogen (secondary N) is 1. The van der Waals surface area contributed by atoms with Crippen LogP contribution in [0.1, 0.15) is 13.8 Å². The van der Waals surface area contributed by atoms with Gasteiger partial charge in [-0.2, -0.15) is 4.98 Å². The third-order valence-corrected chi connectivity index (χ3v) is 5.14. The highest BCUT2D eigenvalue weighted by Crippen LogP contribution is 2.23. The zero-order chi connectivity index (χ0) is 19.1. The van der Waals surface area contributed by atoms with Crippen LogP contribution in [0.5, 0.6) is 5.88 Å². The Labute approximate surface area is 187 Å². The summed E-state index contributed by atoms with van der Waals surface area (Å²) in [5.74, 6) is 2.21. The van der Waals surface area contributed by atoms with E-state index < -0.39 is 0 Å². The average Bonchev–Trinajstić information content (AvgIpc) is 2.65. The molecular weight excluding hydrogens is 525 g/mol. The molecule has 0 saturated carbocycles. The highest BCUT2D eigenvalue weighted by molar-refractivity contribution is 14.0. The van der Waals surface area contributed by atoms with Crippen molar-refractivity contribution in [2.24, 2.45) is 4.99 Å². The fourth-order valence-corrected chi connectivity index (χ4v) is 3.04. The molecule has 154 valence electrons. The van der Waals surface area contributed by atoms with Crippen molar-refractivity contribution in [1.29, 1.82) is 0 Å². The Kier molecular flexibility index (Phi) is 10.6. The second-order valence-corrected chi connectivity index (χ2v) is 7.40. The van der Waals surface area contributed by atoms with Crippen molar-refractivity contribution in [2.75, 3.05) is 65.4 Å². The second-order valence-electron chi connectivity index (χ2n) is 6.55. The van der Waals surface area contributed by atoms with Gasteiger partial charge in [-0.05, 0) is 36.8 Å². The molecule has 2 heterocycles. The molecule has 0 amide bonds. The number of rotatable bonds is 6. The van der Waals surface area contributed by atoms with Crippen LogP contribution in [-0.2, 0) is 0 Å². The molecule has 1 aliphatic rings. The number of guanidine groups is 1. The number of methoxy groups -OCH3 is 1. The van der Waals surface area contributed by atoms with Gasteiger partial charge in [0.1, 0.15) is 0 Å². The number of ether oxygens (including phenoxy) is 1. The molecule has 27 heavy (non-hydrogen) atoms. The van der Waals surface area contributed by atoms with Crippen molar-refractivity contribution < 1.29 is 4.74 Å². The quantitative estimate of drug-likeness (QED) is 0.327. The highest BCUT2D eigenvalue weighted by atomic mass is 127. The van der Waals surface area contributed by atoms with Gasteiger partial charge in [-0.15, -0.1) is 24.0 Å². The minimum absolute atomic E-state index is 0. The van der Waals surface area contributed by atoms with Crippen LogP contribution in [0.15, 0.2) is 15.7 Å². The molecule has 0 aromatic carbocycles. The smallest absolute Gasteiger partial charge is 0.232 e. The molecule has 8 nitrogen and oxygen atoms in total. The van der Waals surface area contributed by atoms with E-state index in [4.69, 9.17) is 4.74 Å². The molecule has 10 heteroatoms. The molecule has 0 radical (unpaired) electrons. The molecule has 0 bridgehead atoms. The Bertz CT molecular complexity index is 609. The third kappa shape index (κ3) is 6.90. The zero-order valence-electron chi connectivity index (χ0n) is 16.8. The normalized spacial score (nSPS) is 15.2. The van der Waals surface area contributed by atoms with Crippen molar-refractivity contribution in [3.63, 3.8) is 0 Å². The number of anilines is 1. The largest absolute Gasteiger partial charge is 0.480 e. The van der Waals surface area contributed by atoms with Gasteiger partial charge in [-0.3, -0.25) is 4.99 Å². The molecule has 1 aliphatic heterocycles. The fourth-order valence-electron chi connectivity index (χ4n) is 2.69. The van der Waals surface area contributed by atoms with Gasteiger partial charge in [0.15, 0.2) is 5.96 Å². The summed E-state index contributed by atoms with van der Waals surface area (Å²) >= 11 is 3.39. The van der Waals surface area contributed by atoms with Gasteiger partial charge in [0, 0.05) is 52.4 Å². The molecule has 0 spiro atoms. The van der Waals surface area contributed by atoms with Crippen LogP contribution in [0, 0.1) is 0 Å². The summed E-state index contributed by atoms with van der Waals surface area (Å²) in [5.41, 5.74) is 0. The lowest BCUT2D eigenvalue weighted by Crippen LogP contribution is -2.53. The summed E-state index contributed by atoms with van der Waals surface area (Å²) in [7, 11) is 5.59. The summed E-state index contributed by atoms with van der Waals surface area (Å²) in [5, 5.41) is 3.46. The van der Waals surface area contributed by atoms with Crippen molar-refractivity contribution in [3.05, 3.63) is 10.7 Å². The summed E-state index contributed by atoms with van der Waals surface area (Å²) in [4.78, 5) is 20.1. The number of nitrogens with zero attached hydrogens (tertiary/aromatic N) is 6. The van der Waals surface area contributed by atoms with Crippen molar-refractivity contribution in [2.45, 2.75) is 19.9 Å². The first-order valence-corrected chi connectivity index (χ1v) is 9.72. The van der Waals surface area contributed by atoms with Gasteiger partial charge in [0.25, 0.3) is 0 Å². The van der Waals surface area contributed by atoms with E-state index in [1.54, 1.807) is 13.3 Å². The van der Waals surface area contributed by atoms with Gasteiger partial charge in [0.2, 0.25) is 11.8 Å². The number of hydrogen-bond acceptors (Lipinski definition) is 6. The Hall–Kier alpha value is -0.880. The molecule has 0 aliphatic carbocycles. The number of piperazine rings is 1. The van der Waals surface area contributed by atoms with E-state index in [0.717, 1.165) is 49.7 Å². The summed E-state index contributed by atoms with van der Waals surface area (Å²) in [6, 6.07) is 0.547. The lowest BCUT2D eigenvalue weighted by Gasteiger charge is -2.36. The maximum atomic E-state index is 5.27. The molecule has 1 N–H and O–H groups in total. The van der Waals surface area contributed by atoms with Gasteiger partial charge in [0.05, 0.1) is 17.8 Å². The highest BCUT2D eigenvalue weighted by Gasteiger charge is 2.22. The van der Waals surface area contributed by atoms with Gasteiger partial charge >= 0.3 is 0 Å². The van der Waals surface area contributed by atoms with E-state index in [-0.39, 0.29) is 24.0 Å². The molecule has 0 atom stereocenters. The monoisotopic (exact) mass is 555 g/mol. The molecule has 1 saturated heterocycles. The maximum Gasteiger partial charge on any atom is 0.232 e. The first-order chi connectivity index (χ1) is 12.5. The van der Waals surface area contributed by atoms with Crippen LogP contribution in [0.4, 0.5) is 5.95 Å². The Morgan fingerprint density at radius 1 is 1.37 bits per heavy atom. The van der Waals surface area contributed by atoms with Crippen LogP contribution in [-0.4, -0.2) is 92.2 Å². The molecule has 2 rings (SSSR count). The Balaban J connectivity index is 0.00000364. The standard InChI is InChI=1S/C17H30BrN7O.HI/c1-13(2)23(4)7-6-20-16(19-3)24-8-10-25(11-9-24)17-21-12-14(18)15(22-17)26-5;/h12-13H,6-11H2,1-5H3,(H,19,20);1H. The van der Waals surface area contributed by atoms with Crippen molar-refractivity contribution >= 4 is 51.8 Å². The SMILES string of the molecule is CN=C(NCCN(C)C(C)C)N1CCN(c2ncc(Br)c(OC)n2)CC1.I. The van der Waals surface area contributed by atoms with E-state index in [1.807, 2.05) is 7.05 Å². The summed E-state index contributed by atoms with van der Waals surface area (Å²) in [6.45, 7) is 9.72. The predicted molar refractivity (Wildman–Crippen MR) is 125 cm³/mol. The van der Waals surface area contributed by atoms with E-state index in [9.17, 15) is 0 Å². The van der Waals surface area contributed by atoms with E-state index in [1.165, 1.54) is 0 Å². The minimum atomic E-state index is 0. The topological polar surface area (TPSA) is 69.1 Å². The number of aliphatic imine (C=N–C) groups is 1. The summed E-state index contributed by atoms with van der Waals surface area (Å²) < 4.78 is 6.03. The maximum absolute atomic E-state index is 5.27. The van der Waals surface area contributed by atoms with Gasteiger partial charge in [-0.25, -0.2) is 4.98 Å². The van der Waals surface area contributed by atoms with Crippen LogP contribution in [0.2, 0.25) is 0 Å². The number of hydrogen-bond donors (Lipinski definition) is 1. The van der Waals surface area contributed by atoms with Crippen LogP contribution < -0.4 is 15.0 Å². The van der Waals surface area contributed by atoms with E-state index in [0.29, 0.717) is 17.9 Å². The first kappa shape index (κ1) is 24.2. The lowest BCUT2D eigenvalue weighted by molar-refractivity contribution is 0.275. The van der Waals surface area contributed by atoms with Crippen LogP contribution in [0.3, 0.4) is 0 Å². The first-order valence-electron chi connectivity index (χ1n) is 8.93. The van der Waals surface area contributed by atoms with Gasteiger partial charge in [-0.1, -0.05) is 0 Å². The van der Waals surface area contributed by atoms with Crippen LogP contribution in [0.25, 0.3) is 0 Å².